The second-order valence-corrected chi connectivity index (χ2v) is 4.06. The van der Waals surface area contributed by atoms with Gasteiger partial charge in [0.05, 0.1) is 5.56 Å². The molecule has 0 spiro atoms. The summed E-state index contributed by atoms with van der Waals surface area (Å²) in [5, 5.41) is 0. The lowest BCUT2D eigenvalue weighted by Gasteiger charge is -2.12. The molecule has 1 nitrogen and oxygen atoms in total. The molecule has 0 atom stereocenters. The van der Waals surface area contributed by atoms with Gasteiger partial charge in [0.15, 0.2) is 5.78 Å². The molecular formula is C10H8BrF3O. The molecule has 1 rings (SSSR count). The standard InChI is InChI=1S/C10H8BrF3O/c1-5-3-7(6(2)15)9(11)4-8(5)10(12,13)14/h3-4H,1-2H3. The molecule has 1 aromatic carbocycles. The summed E-state index contributed by atoms with van der Waals surface area (Å²) >= 11 is 2.95. The van der Waals surface area contributed by atoms with Crippen LogP contribution in [0.15, 0.2) is 16.6 Å². The van der Waals surface area contributed by atoms with Gasteiger partial charge in [-0.1, -0.05) is 15.9 Å². The highest BCUT2D eigenvalue weighted by Crippen LogP contribution is 2.35. The first-order valence-corrected chi connectivity index (χ1v) is 4.91. The van der Waals surface area contributed by atoms with Crippen LogP contribution in [0.4, 0.5) is 13.2 Å². The van der Waals surface area contributed by atoms with E-state index >= 15 is 0 Å². The van der Waals surface area contributed by atoms with Crippen LogP contribution in [0.2, 0.25) is 0 Å². The number of carbonyl (C=O) groups excluding carboxylic acids is 1. The van der Waals surface area contributed by atoms with Crippen LogP contribution in [0, 0.1) is 6.92 Å². The molecule has 0 heterocycles. The summed E-state index contributed by atoms with van der Waals surface area (Å²) in [6.45, 7) is 2.65. The maximum Gasteiger partial charge on any atom is 0.416 e. The molecule has 0 saturated heterocycles. The first-order valence-electron chi connectivity index (χ1n) is 4.11. The van der Waals surface area contributed by atoms with Crippen molar-refractivity contribution in [3.8, 4) is 0 Å². The zero-order chi connectivity index (χ0) is 11.8. The van der Waals surface area contributed by atoms with Crippen molar-refractivity contribution in [1.29, 1.82) is 0 Å². The van der Waals surface area contributed by atoms with Gasteiger partial charge in [0.25, 0.3) is 0 Å². The highest BCUT2D eigenvalue weighted by atomic mass is 79.9. The Labute approximate surface area is 93.4 Å². The number of halogens is 4. The maximum atomic E-state index is 12.5. The van der Waals surface area contributed by atoms with Crippen LogP contribution in [0.25, 0.3) is 0 Å². The summed E-state index contributed by atoms with van der Waals surface area (Å²) in [6.07, 6.45) is -4.39. The van der Waals surface area contributed by atoms with Crippen molar-refractivity contribution in [2.45, 2.75) is 20.0 Å². The minimum absolute atomic E-state index is 0.0518. The molecule has 0 fully saturated rings. The number of alkyl halides is 3. The summed E-state index contributed by atoms with van der Waals surface area (Å²) in [5.74, 6) is -0.265. The average Bonchev–Trinajstić information content (AvgIpc) is 2.06. The second kappa shape index (κ2) is 3.96. The molecule has 0 aliphatic heterocycles. The van der Waals surface area contributed by atoms with Gasteiger partial charge in [0.2, 0.25) is 0 Å². The number of aryl methyl sites for hydroxylation is 1. The van der Waals surface area contributed by atoms with Crippen molar-refractivity contribution in [2.75, 3.05) is 0 Å². The molecule has 0 saturated carbocycles. The third-order valence-corrected chi connectivity index (χ3v) is 2.65. The quantitative estimate of drug-likeness (QED) is 0.711. The predicted octanol–water partition coefficient (Wildman–Crippen LogP) is 3.98. The minimum Gasteiger partial charge on any atom is -0.294 e. The molecule has 82 valence electrons. The number of benzene rings is 1. The molecule has 0 aromatic heterocycles. The summed E-state index contributed by atoms with van der Waals surface area (Å²) in [7, 11) is 0. The third-order valence-electron chi connectivity index (χ3n) is 2.00. The molecule has 0 N–H and O–H groups in total. The Balaban J connectivity index is 3.39. The molecule has 0 bridgehead atoms. The zero-order valence-electron chi connectivity index (χ0n) is 8.07. The van der Waals surface area contributed by atoms with Crippen molar-refractivity contribution in [3.05, 3.63) is 33.3 Å². The highest BCUT2D eigenvalue weighted by Gasteiger charge is 2.33. The van der Waals surface area contributed by atoms with E-state index < -0.39 is 11.7 Å². The first-order chi connectivity index (χ1) is 6.73. The third kappa shape index (κ3) is 2.59. The number of Topliss-reactive ketones (excluding diaryl/α,β-unsaturated/α-hetero) is 1. The Hall–Kier alpha value is -0.840. The molecule has 15 heavy (non-hydrogen) atoms. The van der Waals surface area contributed by atoms with Gasteiger partial charge in [-0.3, -0.25) is 4.79 Å². The van der Waals surface area contributed by atoms with Gasteiger partial charge in [-0.2, -0.15) is 13.2 Å². The van der Waals surface area contributed by atoms with Crippen molar-refractivity contribution in [2.24, 2.45) is 0 Å². The summed E-state index contributed by atoms with van der Waals surface area (Å²) in [6, 6.07) is 2.18. The van der Waals surface area contributed by atoms with Crippen LogP contribution in [0.1, 0.15) is 28.4 Å². The normalized spacial score (nSPS) is 11.6. The smallest absolute Gasteiger partial charge is 0.294 e. The van der Waals surface area contributed by atoms with Gasteiger partial charge in [0.1, 0.15) is 0 Å². The fourth-order valence-electron chi connectivity index (χ4n) is 1.26. The monoisotopic (exact) mass is 280 g/mol. The highest BCUT2D eigenvalue weighted by molar-refractivity contribution is 9.10. The van der Waals surface area contributed by atoms with E-state index in [0.717, 1.165) is 6.07 Å². The zero-order valence-corrected chi connectivity index (χ0v) is 9.66. The Morgan fingerprint density at radius 3 is 2.27 bits per heavy atom. The molecule has 5 heteroatoms. The van der Waals surface area contributed by atoms with Crippen LogP contribution in [0.5, 0.6) is 0 Å². The van der Waals surface area contributed by atoms with Crippen LogP contribution in [0.3, 0.4) is 0 Å². The topological polar surface area (TPSA) is 17.1 Å². The Morgan fingerprint density at radius 1 is 1.33 bits per heavy atom. The molecule has 1 aromatic rings. The fourth-order valence-corrected chi connectivity index (χ4v) is 1.88. The van der Waals surface area contributed by atoms with E-state index in [2.05, 4.69) is 15.9 Å². The van der Waals surface area contributed by atoms with Gasteiger partial charge in [-0.25, -0.2) is 0 Å². The van der Waals surface area contributed by atoms with E-state index in [0.29, 0.717) is 0 Å². The lowest BCUT2D eigenvalue weighted by atomic mass is 10.0. The average molecular weight is 281 g/mol. The van der Waals surface area contributed by atoms with E-state index in [1.807, 2.05) is 0 Å². The molecule has 0 aliphatic carbocycles. The number of ketones is 1. The van der Waals surface area contributed by atoms with E-state index in [4.69, 9.17) is 0 Å². The number of carbonyl (C=O) groups is 1. The Kier molecular flexibility index (Phi) is 3.23. The van der Waals surface area contributed by atoms with Crippen molar-refractivity contribution < 1.29 is 18.0 Å². The number of hydrogen-bond acceptors (Lipinski definition) is 1. The summed E-state index contributed by atoms with van der Waals surface area (Å²) < 4.78 is 37.5. The largest absolute Gasteiger partial charge is 0.416 e. The SMILES string of the molecule is CC(=O)c1cc(C)c(C(F)(F)F)cc1Br. The van der Waals surface area contributed by atoms with Gasteiger partial charge in [0, 0.05) is 10.0 Å². The van der Waals surface area contributed by atoms with E-state index in [9.17, 15) is 18.0 Å². The van der Waals surface area contributed by atoms with E-state index in [1.165, 1.54) is 19.9 Å². The van der Waals surface area contributed by atoms with Crippen molar-refractivity contribution >= 4 is 21.7 Å². The van der Waals surface area contributed by atoms with Crippen molar-refractivity contribution in [3.63, 3.8) is 0 Å². The molecule has 0 radical (unpaired) electrons. The fraction of sp³-hybridized carbons (Fsp3) is 0.300. The van der Waals surface area contributed by atoms with Crippen LogP contribution in [-0.2, 0) is 6.18 Å². The van der Waals surface area contributed by atoms with Crippen LogP contribution >= 0.6 is 15.9 Å². The molecule has 0 unspecified atom stereocenters. The Morgan fingerprint density at radius 2 is 1.87 bits per heavy atom. The van der Waals surface area contributed by atoms with E-state index in [-0.39, 0.29) is 21.4 Å². The second-order valence-electron chi connectivity index (χ2n) is 3.20. The van der Waals surface area contributed by atoms with Gasteiger partial charge in [-0.05, 0) is 31.5 Å². The van der Waals surface area contributed by atoms with Gasteiger partial charge in [-0.15, -0.1) is 0 Å². The minimum atomic E-state index is -4.39. The lowest BCUT2D eigenvalue weighted by Crippen LogP contribution is -2.09. The van der Waals surface area contributed by atoms with Gasteiger partial charge >= 0.3 is 6.18 Å². The summed E-state index contributed by atoms with van der Waals surface area (Å²) in [5.41, 5.74) is -0.407. The lowest BCUT2D eigenvalue weighted by molar-refractivity contribution is -0.138. The van der Waals surface area contributed by atoms with Gasteiger partial charge < -0.3 is 0 Å². The molecule has 0 amide bonds. The number of hydrogen-bond donors (Lipinski definition) is 0. The Bertz CT molecular complexity index is 410. The predicted molar refractivity (Wildman–Crippen MR) is 53.9 cm³/mol. The maximum absolute atomic E-state index is 12.5. The molecule has 0 aliphatic rings. The van der Waals surface area contributed by atoms with Crippen LogP contribution in [-0.4, -0.2) is 5.78 Å². The number of rotatable bonds is 1. The molecular weight excluding hydrogens is 273 g/mol. The van der Waals surface area contributed by atoms with Crippen molar-refractivity contribution in [1.82, 2.24) is 0 Å². The first kappa shape index (κ1) is 12.2. The van der Waals surface area contributed by atoms with Crippen LogP contribution < -0.4 is 0 Å². The van der Waals surface area contributed by atoms with E-state index in [1.54, 1.807) is 0 Å². The summed E-state index contributed by atoms with van der Waals surface area (Å²) in [4.78, 5) is 11.1.